The number of benzene rings is 1. The molecule has 1 aliphatic heterocycles. The molecule has 0 bridgehead atoms. The molecule has 20 heavy (non-hydrogen) atoms. The normalized spacial score (nSPS) is 15.4. The van der Waals surface area contributed by atoms with E-state index in [1.807, 2.05) is 0 Å². The minimum atomic E-state index is -4.11. The maximum atomic E-state index is 13.1. The highest BCUT2D eigenvalue weighted by Crippen LogP contribution is 2.23. The van der Waals surface area contributed by atoms with Crippen LogP contribution in [0.3, 0.4) is 0 Å². The fourth-order valence-corrected chi connectivity index (χ4v) is 2.71. The van der Waals surface area contributed by atoms with Gasteiger partial charge in [-0.05, 0) is 31.0 Å². The summed E-state index contributed by atoms with van der Waals surface area (Å²) in [6, 6.07) is 2.96. The van der Waals surface area contributed by atoms with Gasteiger partial charge in [0.05, 0.1) is 0 Å². The van der Waals surface area contributed by atoms with E-state index in [1.54, 1.807) is 4.90 Å². The number of carbonyl (C=O) groups excluding carboxylic acids is 1. The summed E-state index contributed by atoms with van der Waals surface area (Å²) in [5.74, 6) is -1.10. The predicted molar refractivity (Wildman–Crippen MR) is 69.1 cm³/mol. The lowest BCUT2D eigenvalue weighted by molar-refractivity contribution is -0.132. The van der Waals surface area contributed by atoms with Crippen LogP contribution in [0.5, 0.6) is 5.75 Å². The topological polar surface area (TPSA) is 89.7 Å². The van der Waals surface area contributed by atoms with Gasteiger partial charge in [0.1, 0.15) is 16.5 Å². The van der Waals surface area contributed by atoms with Gasteiger partial charge in [0.25, 0.3) is 5.91 Å². The molecule has 0 saturated carbocycles. The van der Waals surface area contributed by atoms with Crippen molar-refractivity contribution in [3.05, 3.63) is 24.0 Å². The Morgan fingerprint density at radius 3 is 2.60 bits per heavy atom. The van der Waals surface area contributed by atoms with Crippen LogP contribution >= 0.6 is 0 Å². The van der Waals surface area contributed by atoms with Crippen LogP contribution in [-0.4, -0.2) is 38.9 Å². The molecule has 110 valence electrons. The van der Waals surface area contributed by atoms with Gasteiger partial charge < -0.3 is 9.64 Å². The maximum Gasteiger partial charge on any atom is 0.260 e. The first-order valence-electron chi connectivity index (χ1n) is 6.11. The largest absolute Gasteiger partial charge is 0.482 e. The van der Waals surface area contributed by atoms with Crippen LogP contribution in [0.25, 0.3) is 0 Å². The predicted octanol–water partition coefficient (Wildman–Crippen LogP) is 0.474. The number of rotatable bonds is 4. The number of nitrogens with two attached hydrogens (primary N) is 1. The number of hydrogen-bond donors (Lipinski definition) is 1. The summed E-state index contributed by atoms with van der Waals surface area (Å²) in [6.07, 6.45) is 1.90. The third kappa shape index (κ3) is 3.45. The molecule has 1 fully saturated rings. The molecule has 1 aromatic carbocycles. The third-order valence-electron chi connectivity index (χ3n) is 3.02. The number of nitrogens with zero attached hydrogens (tertiary/aromatic N) is 1. The lowest BCUT2D eigenvalue weighted by Crippen LogP contribution is -2.32. The average molecular weight is 302 g/mol. The number of halogens is 1. The number of amides is 1. The summed E-state index contributed by atoms with van der Waals surface area (Å²) in [5, 5.41) is 4.99. The van der Waals surface area contributed by atoms with Gasteiger partial charge >= 0.3 is 0 Å². The van der Waals surface area contributed by atoms with Crippen LogP contribution in [0.15, 0.2) is 23.1 Å². The Labute approximate surface area is 116 Å². The number of sulfonamides is 1. The SMILES string of the molecule is NS(=O)(=O)c1cc(F)ccc1OCC(=O)N1CCCC1. The average Bonchev–Trinajstić information content (AvgIpc) is 2.89. The van der Waals surface area contributed by atoms with Crippen molar-refractivity contribution in [2.45, 2.75) is 17.7 Å². The molecule has 1 aliphatic rings. The van der Waals surface area contributed by atoms with E-state index < -0.39 is 20.7 Å². The summed E-state index contributed by atoms with van der Waals surface area (Å²) in [4.78, 5) is 13.0. The first kappa shape index (κ1) is 14.7. The van der Waals surface area contributed by atoms with E-state index in [4.69, 9.17) is 9.88 Å². The van der Waals surface area contributed by atoms with Crippen molar-refractivity contribution in [3.63, 3.8) is 0 Å². The lowest BCUT2D eigenvalue weighted by Gasteiger charge is -2.16. The zero-order valence-corrected chi connectivity index (χ0v) is 11.5. The van der Waals surface area contributed by atoms with Crippen molar-refractivity contribution >= 4 is 15.9 Å². The Bertz CT molecular complexity index is 612. The van der Waals surface area contributed by atoms with Crippen LogP contribution in [0.4, 0.5) is 4.39 Å². The van der Waals surface area contributed by atoms with E-state index in [-0.39, 0.29) is 18.3 Å². The van der Waals surface area contributed by atoms with Crippen molar-refractivity contribution in [2.24, 2.45) is 5.14 Å². The number of primary sulfonamides is 1. The number of hydrogen-bond acceptors (Lipinski definition) is 4. The molecule has 1 aromatic rings. The summed E-state index contributed by atoms with van der Waals surface area (Å²) in [6.45, 7) is 1.05. The van der Waals surface area contributed by atoms with Gasteiger partial charge in [-0.25, -0.2) is 17.9 Å². The van der Waals surface area contributed by atoms with Gasteiger partial charge in [-0.15, -0.1) is 0 Å². The molecule has 1 amide bonds. The minimum Gasteiger partial charge on any atom is -0.482 e. The molecular weight excluding hydrogens is 287 g/mol. The first-order chi connectivity index (χ1) is 9.38. The van der Waals surface area contributed by atoms with Gasteiger partial charge in [0.2, 0.25) is 10.0 Å². The Kier molecular flexibility index (Phi) is 4.24. The molecule has 8 heteroatoms. The molecule has 0 atom stereocenters. The minimum absolute atomic E-state index is 0.124. The molecule has 0 aliphatic carbocycles. The van der Waals surface area contributed by atoms with Crippen molar-refractivity contribution in [3.8, 4) is 5.75 Å². The van der Waals surface area contributed by atoms with Crippen LogP contribution in [-0.2, 0) is 14.8 Å². The van der Waals surface area contributed by atoms with E-state index in [1.165, 1.54) is 0 Å². The van der Waals surface area contributed by atoms with E-state index in [9.17, 15) is 17.6 Å². The van der Waals surface area contributed by atoms with Gasteiger partial charge in [-0.1, -0.05) is 0 Å². The third-order valence-corrected chi connectivity index (χ3v) is 3.95. The fraction of sp³-hybridized carbons (Fsp3) is 0.417. The molecular formula is C12H15FN2O4S. The number of ether oxygens (including phenoxy) is 1. The Balaban J connectivity index is 2.11. The zero-order chi connectivity index (χ0) is 14.8. The Morgan fingerprint density at radius 1 is 1.35 bits per heavy atom. The van der Waals surface area contributed by atoms with E-state index >= 15 is 0 Å². The first-order valence-corrected chi connectivity index (χ1v) is 7.65. The van der Waals surface area contributed by atoms with Crippen molar-refractivity contribution in [1.82, 2.24) is 4.90 Å². The van der Waals surface area contributed by atoms with Crippen molar-refractivity contribution in [1.29, 1.82) is 0 Å². The second-order valence-corrected chi connectivity index (χ2v) is 6.04. The standard InChI is InChI=1S/C12H15FN2O4S/c13-9-3-4-10(11(7-9)20(14,17)18)19-8-12(16)15-5-1-2-6-15/h3-4,7H,1-2,5-6,8H2,(H2,14,17,18). The highest BCUT2D eigenvalue weighted by atomic mass is 32.2. The highest BCUT2D eigenvalue weighted by molar-refractivity contribution is 7.89. The van der Waals surface area contributed by atoms with Gasteiger partial charge in [0, 0.05) is 13.1 Å². The molecule has 1 heterocycles. The van der Waals surface area contributed by atoms with Crippen molar-refractivity contribution in [2.75, 3.05) is 19.7 Å². The monoisotopic (exact) mass is 302 g/mol. The molecule has 1 saturated heterocycles. The lowest BCUT2D eigenvalue weighted by atomic mass is 10.3. The maximum absolute atomic E-state index is 13.1. The van der Waals surface area contributed by atoms with Crippen LogP contribution < -0.4 is 9.88 Å². The van der Waals surface area contributed by atoms with Gasteiger partial charge in [-0.3, -0.25) is 4.79 Å². The second kappa shape index (κ2) is 5.76. The summed E-state index contributed by atoms with van der Waals surface area (Å²) < 4.78 is 40.9. The molecule has 2 N–H and O–H groups in total. The van der Waals surface area contributed by atoms with Gasteiger partial charge in [-0.2, -0.15) is 0 Å². The smallest absolute Gasteiger partial charge is 0.260 e. The highest BCUT2D eigenvalue weighted by Gasteiger charge is 2.21. The van der Waals surface area contributed by atoms with Crippen molar-refractivity contribution < 1.29 is 22.3 Å². The summed E-state index contributed by atoms with van der Waals surface area (Å²) >= 11 is 0. The van der Waals surface area contributed by atoms with E-state index in [2.05, 4.69) is 0 Å². The molecule has 0 aromatic heterocycles. The Morgan fingerprint density at radius 2 is 2.00 bits per heavy atom. The van der Waals surface area contributed by atoms with Gasteiger partial charge in [0.15, 0.2) is 6.61 Å². The summed E-state index contributed by atoms with van der Waals surface area (Å²) in [7, 11) is -4.11. The van der Waals surface area contributed by atoms with E-state index in [0.717, 1.165) is 31.0 Å². The quantitative estimate of drug-likeness (QED) is 0.875. The molecule has 0 spiro atoms. The van der Waals surface area contributed by atoms with Crippen LogP contribution in [0.1, 0.15) is 12.8 Å². The number of carbonyl (C=O) groups is 1. The molecule has 0 unspecified atom stereocenters. The second-order valence-electron chi connectivity index (χ2n) is 4.51. The fourth-order valence-electron chi connectivity index (χ4n) is 2.02. The molecule has 6 nitrogen and oxygen atoms in total. The molecule has 0 radical (unpaired) electrons. The number of likely N-dealkylation sites (tertiary alicyclic amines) is 1. The van der Waals surface area contributed by atoms with Crippen LogP contribution in [0.2, 0.25) is 0 Å². The molecule has 2 rings (SSSR count). The zero-order valence-electron chi connectivity index (χ0n) is 10.7. The summed E-state index contributed by atoms with van der Waals surface area (Å²) in [5.41, 5.74) is 0. The Hall–Kier alpha value is -1.67. The van der Waals surface area contributed by atoms with Crippen LogP contribution in [0, 0.1) is 5.82 Å². The van der Waals surface area contributed by atoms with E-state index in [0.29, 0.717) is 13.1 Å².